The van der Waals surface area contributed by atoms with Crippen LogP contribution in [0.25, 0.3) is 0 Å². The van der Waals surface area contributed by atoms with Crippen LogP contribution in [-0.2, 0) is 9.84 Å². The highest BCUT2D eigenvalue weighted by Crippen LogP contribution is 2.26. The van der Waals surface area contributed by atoms with Crippen LogP contribution < -0.4 is 10.6 Å². The van der Waals surface area contributed by atoms with Crippen LogP contribution in [0.2, 0.25) is 0 Å². The Hall–Kier alpha value is -1.76. The fraction of sp³-hybridized carbons (Fsp3) is 0.462. The van der Waals surface area contributed by atoms with Crippen molar-refractivity contribution in [2.24, 2.45) is 0 Å². The summed E-state index contributed by atoms with van der Waals surface area (Å²) in [4.78, 5) is 15.4. The van der Waals surface area contributed by atoms with Crippen molar-refractivity contribution in [3.8, 4) is 0 Å². The van der Waals surface area contributed by atoms with Gasteiger partial charge in [0, 0.05) is 32.7 Å². The smallest absolute Gasteiger partial charge is 0.253 e. The topological polar surface area (TPSA) is 83.7 Å². The van der Waals surface area contributed by atoms with Crippen molar-refractivity contribution in [2.45, 2.75) is 0 Å². The van der Waals surface area contributed by atoms with Crippen LogP contribution in [0.15, 0.2) is 18.2 Å². The molecule has 0 atom stereocenters. The highest BCUT2D eigenvalue weighted by Gasteiger charge is 2.23. The molecule has 1 fully saturated rings. The molecule has 6 nitrogen and oxygen atoms in total. The van der Waals surface area contributed by atoms with Crippen LogP contribution in [0.5, 0.6) is 0 Å². The summed E-state index contributed by atoms with van der Waals surface area (Å²) >= 11 is 0. The van der Waals surface area contributed by atoms with Gasteiger partial charge in [0.05, 0.1) is 22.9 Å². The van der Waals surface area contributed by atoms with Crippen molar-refractivity contribution < 1.29 is 13.2 Å². The minimum atomic E-state index is -2.93. The molecule has 7 heteroatoms. The second kappa shape index (κ2) is 5.32. The van der Waals surface area contributed by atoms with Gasteiger partial charge < -0.3 is 15.5 Å². The van der Waals surface area contributed by atoms with Crippen LogP contribution in [0.4, 0.5) is 11.4 Å². The molecule has 1 amide bonds. The highest BCUT2D eigenvalue weighted by molar-refractivity contribution is 7.91. The van der Waals surface area contributed by atoms with E-state index in [-0.39, 0.29) is 17.4 Å². The van der Waals surface area contributed by atoms with Gasteiger partial charge in [-0.1, -0.05) is 0 Å². The molecule has 2 N–H and O–H groups in total. The van der Waals surface area contributed by atoms with Gasteiger partial charge >= 0.3 is 0 Å². The predicted octanol–water partition coefficient (Wildman–Crippen LogP) is 0.205. The van der Waals surface area contributed by atoms with Gasteiger partial charge in [0.15, 0.2) is 9.84 Å². The summed E-state index contributed by atoms with van der Waals surface area (Å²) in [6.07, 6.45) is 0. The van der Waals surface area contributed by atoms with Crippen molar-refractivity contribution in [1.82, 2.24) is 4.90 Å². The number of amides is 1. The predicted molar refractivity (Wildman–Crippen MR) is 79.7 cm³/mol. The standard InChI is InChI=1S/C13H19N3O3S/c1-15(2)13(17)10-3-4-11(14)12(9-10)16-5-7-20(18,19)8-6-16/h3-4,9H,5-8,14H2,1-2H3. The lowest BCUT2D eigenvalue weighted by Crippen LogP contribution is -2.40. The van der Waals surface area contributed by atoms with Crippen LogP contribution in [0, 0.1) is 0 Å². The van der Waals surface area contributed by atoms with Gasteiger partial charge in [0.25, 0.3) is 5.91 Å². The molecule has 1 heterocycles. The number of carbonyl (C=O) groups is 1. The van der Waals surface area contributed by atoms with Crippen LogP contribution in [0.3, 0.4) is 0 Å². The van der Waals surface area contributed by atoms with Crippen LogP contribution in [-0.4, -0.2) is 57.9 Å². The first kappa shape index (κ1) is 14.6. The zero-order chi connectivity index (χ0) is 14.9. The van der Waals surface area contributed by atoms with E-state index in [4.69, 9.17) is 5.73 Å². The molecule has 1 aromatic carbocycles. The molecule has 1 aliphatic heterocycles. The third kappa shape index (κ3) is 3.04. The second-order valence-electron chi connectivity index (χ2n) is 5.11. The zero-order valence-corrected chi connectivity index (χ0v) is 12.5. The van der Waals surface area contributed by atoms with Crippen molar-refractivity contribution >= 4 is 27.1 Å². The number of nitrogen functional groups attached to an aromatic ring is 1. The fourth-order valence-electron chi connectivity index (χ4n) is 2.16. The number of hydrogen-bond donors (Lipinski definition) is 1. The third-order valence-corrected chi connectivity index (χ3v) is 4.98. The average Bonchev–Trinajstić information content (AvgIpc) is 2.39. The monoisotopic (exact) mass is 297 g/mol. The number of benzene rings is 1. The molecule has 1 aromatic rings. The summed E-state index contributed by atoms with van der Waals surface area (Å²) in [7, 11) is 0.439. The lowest BCUT2D eigenvalue weighted by atomic mass is 10.1. The minimum absolute atomic E-state index is 0.101. The molecule has 20 heavy (non-hydrogen) atoms. The van der Waals surface area contributed by atoms with E-state index < -0.39 is 9.84 Å². The molecule has 0 aliphatic carbocycles. The van der Waals surface area contributed by atoms with E-state index in [9.17, 15) is 13.2 Å². The molecule has 0 unspecified atom stereocenters. The Kier molecular flexibility index (Phi) is 3.89. The Morgan fingerprint density at radius 2 is 1.85 bits per heavy atom. The summed E-state index contributed by atoms with van der Waals surface area (Å²) in [6, 6.07) is 5.10. The van der Waals surface area contributed by atoms with E-state index in [1.807, 2.05) is 4.90 Å². The number of carbonyl (C=O) groups excluding carboxylic acids is 1. The van der Waals surface area contributed by atoms with E-state index in [1.54, 1.807) is 32.3 Å². The number of anilines is 2. The summed E-state index contributed by atoms with van der Waals surface area (Å²) in [5.41, 5.74) is 7.78. The largest absolute Gasteiger partial charge is 0.397 e. The summed E-state index contributed by atoms with van der Waals surface area (Å²) in [6.45, 7) is 0.818. The molecule has 0 bridgehead atoms. The van der Waals surface area contributed by atoms with Gasteiger partial charge in [0.1, 0.15) is 0 Å². The maximum atomic E-state index is 12.0. The van der Waals surface area contributed by atoms with Gasteiger partial charge in [-0.05, 0) is 18.2 Å². The maximum Gasteiger partial charge on any atom is 0.253 e. The van der Waals surface area contributed by atoms with Crippen molar-refractivity contribution in [1.29, 1.82) is 0 Å². The molecule has 0 radical (unpaired) electrons. The number of nitrogens with zero attached hydrogens (tertiary/aromatic N) is 2. The molecular weight excluding hydrogens is 278 g/mol. The molecule has 0 aromatic heterocycles. The Morgan fingerprint density at radius 1 is 1.25 bits per heavy atom. The first-order valence-electron chi connectivity index (χ1n) is 6.37. The molecular formula is C13H19N3O3S. The van der Waals surface area contributed by atoms with Crippen LogP contribution in [0.1, 0.15) is 10.4 Å². The van der Waals surface area contributed by atoms with E-state index in [0.717, 1.165) is 5.69 Å². The van der Waals surface area contributed by atoms with Gasteiger partial charge in [-0.15, -0.1) is 0 Å². The normalized spacial score (nSPS) is 17.8. The lowest BCUT2D eigenvalue weighted by molar-refractivity contribution is 0.0827. The molecule has 2 rings (SSSR count). The van der Waals surface area contributed by atoms with Gasteiger partial charge in [-0.2, -0.15) is 0 Å². The van der Waals surface area contributed by atoms with Gasteiger partial charge in [-0.25, -0.2) is 8.42 Å². The summed E-state index contributed by atoms with van der Waals surface area (Å²) in [5, 5.41) is 0. The third-order valence-electron chi connectivity index (χ3n) is 3.37. The molecule has 1 aliphatic rings. The molecule has 0 spiro atoms. The van der Waals surface area contributed by atoms with E-state index in [1.165, 1.54) is 4.90 Å². The number of sulfone groups is 1. The molecule has 110 valence electrons. The Balaban J connectivity index is 2.28. The SMILES string of the molecule is CN(C)C(=O)c1ccc(N)c(N2CCS(=O)(=O)CC2)c1. The average molecular weight is 297 g/mol. The molecule has 1 saturated heterocycles. The van der Waals surface area contributed by atoms with Gasteiger partial charge in [0.2, 0.25) is 0 Å². The van der Waals surface area contributed by atoms with Crippen LogP contribution >= 0.6 is 0 Å². The van der Waals surface area contributed by atoms with Crippen molar-refractivity contribution in [3.05, 3.63) is 23.8 Å². The summed E-state index contributed by atoms with van der Waals surface area (Å²) < 4.78 is 22.9. The minimum Gasteiger partial charge on any atom is -0.397 e. The first-order valence-corrected chi connectivity index (χ1v) is 8.19. The second-order valence-corrected chi connectivity index (χ2v) is 7.42. The summed E-state index contributed by atoms with van der Waals surface area (Å²) in [5.74, 6) is 0.146. The fourth-order valence-corrected chi connectivity index (χ4v) is 3.36. The lowest BCUT2D eigenvalue weighted by Gasteiger charge is -2.30. The highest BCUT2D eigenvalue weighted by atomic mass is 32.2. The Morgan fingerprint density at radius 3 is 2.40 bits per heavy atom. The first-order chi connectivity index (χ1) is 9.30. The van der Waals surface area contributed by atoms with Gasteiger partial charge in [-0.3, -0.25) is 4.79 Å². The zero-order valence-electron chi connectivity index (χ0n) is 11.7. The van der Waals surface area contributed by atoms with Crippen molar-refractivity contribution in [3.63, 3.8) is 0 Å². The van der Waals surface area contributed by atoms with E-state index >= 15 is 0 Å². The number of nitrogens with two attached hydrogens (primary N) is 1. The Labute approximate surface area is 119 Å². The number of rotatable bonds is 2. The van der Waals surface area contributed by atoms with E-state index in [2.05, 4.69) is 0 Å². The van der Waals surface area contributed by atoms with E-state index in [0.29, 0.717) is 24.3 Å². The maximum absolute atomic E-state index is 12.0. The Bertz CT molecular complexity index is 612. The molecule has 0 saturated carbocycles. The number of hydrogen-bond acceptors (Lipinski definition) is 5. The quantitative estimate of drug-likeness (QED) is 0.789. The van der Waals surface area contributed by atoms with Crippen molar-refractivity contribution in [2.75, 3.05) is 49.3 Å².